The number of hydrogen-bond donors (Lipinski definition) is 3. The summed E-state index contributed by atoms with van der Waals surface area (Å²) in [5, 5.41) is 6.32. The molecule has 1 aromatic carbocycles. The van der Waals surface area contributed by atoms with Crippen LogP contribution >= 0.6 is 0 Å². The molecule has 2 aromatic rings. The number of nitrogens with two attached hydrogens (primary N) is 1. The fourth-order valence-corrected chi connectivity index (χ4v) is 2.90. The molecule has 0 radical (unpaired) electrons. The minimum atomic E-state index is -3.84. The summed E-state index contributed by atoms with van der Waals surface area (Å²) >= 11 is 0. The van der Waals surface area contributed by atoms with Crippen LogP contribution in [-0.4, -0.2) is 18.6 Å². The Hall–Kier alpha value is -1.93. The van der Waals surface area contributed by atoms with Crippen LogP contribution in [0.2, 0.25) is 0 Å². The zero-order valence-corrected chi connectivity index (χ0v) is 10.9. The van der Waals surface area contributed by atoms with Crippen LogP contribution in [0.25, 0.3) is 0 Å². The number of aromatic nitrogens is 2. The largest absolute Gasteiger partial charge is 0.399 e. The molecule has 102 valence electrons. The van der Waals surface area contributed by atoms with Crippen molar-refractivity contribution < 1.29 is 12.8 Å². The Bertz CT molecular complexity index is 650. The molecule has 0 saturated carbocycles. The maximum Gasteiger partial charge on any atom is 0.241 e. The van der Waals surface area contributed by atoms with Crippen molar-refractivity contribution in [2.45, 2.75) is 17.9 Å². The van der Waals surface area contributed by atoms with E-state index in [1.165, 1.54) is 12.3 Å². The van der Waals surface area contributed by atoms with Gasteiger partial charge in [0.15, 0.2) is 0 Å². The quantitative estimate of drug-likeness (QED) is 0.733. The van der Waals surface area contributed by atoms with Crippen molar-refractivity contribution in [3.05, 3.63) is 42.0 Å². The van der Waals surface area contributed by atoms with Gasteiger partial charge in [0.1, 0.15) is 5.82 Å². The second kappa shape index (κ2) is 4.98. The number of nitrogens with one attached hydrogen (secondary N) is 2. The smallest absolute Gasteiger partial charge is 0.241 e. The number of H-pyrrole nitrogens is 1. The fourth-order valence-electron chi connectivity index (χ4n) is 1.61. The van der Waals surface area contributed by atoms with Crippen molar-refractivity contribution in [2.24, 2.45) is 0 Å². The van der Waals surface area contributed by atoms with Gasteiger partial charge in [-0.15, -0.1) is 0 Å². The van der Waals surface area contributed by atoms with E-state index in [9.17, 15) is 12.8 Å². The van der Waals surface area contributed by atoms with Crippen molar-refractivity contribution in [1.29, 1.82) is 0 Å². The third-order valence-electron chi connectivity index (χ3n) is 2.56. The highest BCUT2D eigenvalue weighted by Gasteiger charge is 2.20. The average Bonchev–Trinajstić information content (AvgIpc) is 2.80. The van der Waals surface area contributed by atoms with E-state index in [0.29, 0.717) is 5.56 Å². The first-order valence-electron chi connectivity index (χ1n) is 5.45. The summed E-state index contributed by atoms with van der Waals surface area (Å²) in [4.78, 5) is -0.208. The molecule has 0 aliphatic heterocycles. The van der Waals surface area contributed by atoms with E-state index in [2.05, 4.69) is 14.9 Å². The predicted molar refractivity (Wildman–Crippen MR) is 68.1 cm³/mol. The topological polar surface area (TPSA) is 101 Å². The second-order valence-electron chi connectivity index (χ2n) is 4.09. The first-order chi connectivity index (χ1) is 8.88. The van der Waals surface area contributed by atoms with Crippen LogP contribution in [0.4, 0.5) is 10.1 Å². The number of benzene rings is 1. The van der Waals surface area contributed by atoms with Gasteiger partial charge in [-0.05, 0) is 25.1 Å². The Labute approximate surface area is 109 Å². The van der Waals surface area contributed by atoms with E-state index in [4.69, 9.17) is 5.73 Å². The Balaban J connectivity index is 2.27. The molecular formula is C11H13FN4O2S. The predicted octanol–water partition coefficient (Wildman–Crippen LogP) is 1.17. The van der Waals surface area contributed by atoms with Crippen molar-refractivity contribution >= 4 is 15.7 Å². The Kier molecular flexibility index (Phi) is 3.54. The molecule has 1 heterocycles. The first kappa shape index (κ1) is 13.5. The summed E-state index contributed by atoms with van der Waals surface area (Å²) in [6.07, 6.45) is 3.08. The molecule has 6 nitrogen and oxygen atoms in total. The molecule has 0 fully saturated rings. The van der Waals surface area contributed by atoms with E-state index < -0.39 is 21.9 Å². The summed E-state index contributed by atoms with van der Waals surface area (Å²) in [5.41, 5.74) is 6.16. The number of nitrogen functional groups attached to an aromatic ring is 1. The van der Waals surface area contributed by atoms with E-state index in [-0.39, 0.29) is 10.6 Å². The highest BCUT2D eigenvalue weighted by atomic mass is 32.2. The third kappa shape index (κ3) is 3.09. The van der Waals surface area contributed by atoms with Crippen LogP contribution in [0.5, 0.6) is 0 Å². The van der Waals surface area contributed by atoms with Crippen LogP contribution < -0.4 is 10.5 Å². The van der Waals surface area contributed by atoms with Crippen molar-refractivity contribution in [2.75, 3.05) is 5.73 Å². The number of halogens is 1. The Morgan fingerprint density at radius 3 is 2.74 bits per heavy atom. The lowest BCUT2D eigenvalue weighted by molar-refractivity contribution is 0.564. The fraction of sp³-hybridized carbons (Fsp3) is 0.182. The molecule has 0 amide bonds. The van der Waals surface area contributed by atoms with Crippen LogP contribution in [0.1, 0.15) is 18.5 Å². The van der Waals surface area contributed by atoms with Crippen LogP contribution in [-0.2, 0) is 10.0 Å². The minimum absolute atomic E-state index is 0.0522. The maximum atomic E-state index is 13.2. The molecule has 4 N–H and O–H groups in total. The zero-order valence-electron chi connectivity index (χ0n) is 10.1. The lowest BCUT2D eigenvalue weighted by atomic mass is 10.2. The van der Waals surface area contributed by atoms with Gasteiger partial charge in [-0.3, -0.25) is 5.10 Å². The number of sulfonamides is 1. The number of aromatic amines is 1. The molecule has 19 heavy (non-hydrogen) atoms. The van der Waals surface area contributed by atoms with E-state index in [1.807, 2.05) is 0 Å². The van der Waals surface area contributed by atoms with Gasteiger partial charge in [0.05, 0.1) is 11.1 Å². The van der Waals surface area contributed by atoms with Crippen LogP contribution in [0.15, 0.2) is 35.5 Å². The van der Waals surface area contributed by atoms with E-state index in [1.54, 1.807) is 13.1 Å². The lowest BCUT2D eigenvalue weighted by Gasteiger charge is -2.13. The zero-order chi connectivity index (χ0) is 14.0. The Morgan fingerprint density at radius 2 is 2.16 bits per heavy atom. The minimum Gasteiger partial charge on any atom is -0.399 e. The van der Waals surface area contributed by atoms with E-state index >= 15 is 0 Å². The normalized spacial score (nSPS) is 13.4. The molecule has 0 spiro atoms. The standard InChI is InChI=1S/C11H13FN4O2S/c1-7(8-5-14-15-6-8)16-19(17,18)11-3-9(12)2-10(13)4-11/h2-7,16H,13H2,1H3,(H,14,15). The van der Waals surface area contributed by atoms with Crippen molar-refractivity contribution in [3.8, 4) is 0 Å². The molecule has 8 heteroatoms. The number of anilines is 1. The van der Waals surface area contributed by atoms with Gasteiger partial charge in [0, 0.05) is 23.5 Å². The first-order valence-corrected chi connectivity index (χ1v) is 6.94. The highest BCUT2D eigenvalue weighted by molar-refractivity contribution is 7.89. The van der Waals surface area contributed by atoms with Crippen molar-refractivity contribution in [1.82, 2.24) is 14.9 Å². The summed E-state index contributed by atoms with van der Waals surface area (Å²) in [6, 6.07) is 2.68. The number of hydrogen-bond acceptors (Lipinski definition) is 4. The molecule has 0 saturated heterocycles. The Morgan fingerprint density at radius 1 is 1.42 bits per heavy atom. The molecule has 0 bridgehead atoms. The lowest BCUT2D eigenvalue weighted by Crippen LogP contribution is -2.26. The molecule has 1 aromatic heterocycles. The molecule has 0 aliphatic rings. The molecule has 1 atom stereocenters. The van der Waals surface area contributed by atoms with Gasteiger partial charge in [-0.2, -0.15) is 5.10 Å². The number of nitrogens with zero attached hydrogens (tertiary/aromatic N) is 1. The summed E-state index contributed by atoms with van der Waals surface area (Å²) in [6.45, 7) is 1.66. The molecule has 1 unspecified atom stereocenters. The highest BCUT2D eigenvalue weighted by Crippen LogP contribution is 2.19. The van der Waals surface area contributed by atoms with Crippen molar-refractivity contribution in [3.63, 3.8) is 0 Å². The maximum absolute atomic E-state index is 13.2. The second-order valence-corrected chi connectivity index (χ2v) is 5.81. The van der Waals surface area contributed by atoms with Gasteiger partial charge in [0.2, 0.25) is 10.0 Å². The molecular weight excluding hydrogens is 271 g/mol. The molecule has 0 aliphatic carbocycles. The van der Waals surface area contributed by atoms with Gasteiger partial charge in [0.25, 0.3) is 0 Å². The average molecular weight is 284 g/mol. The summed E-state index contributed by atoms with van der Waals surface area (Å²) < 4.78 is 39.8. The third-order valence-corrected chi connectivity index (χ3v) is 4.08. The van der Waals surface area contributed by atoms with Gasteiger partial charge >= 0.3 is 0 Å². The van der Waals surface area contributed by atoms with Crippen LogP contribution in [0, 0.1) is 5.82 Å². The summed E-state index contributed by atoms with van der Waals surface area (Å²) in [5.74, 6) is -0.698. The molecule has 2 rings (SSSR count). The summed E-state index contributed by atoms with van der Waals surface area (Å²) in [7, 11) is -3.84. The van der Waals surface area contributed by atoms with Gasteiger partial charge in [-0.25, -0.2) is 17.5 Å². The van der Waals surface area contributed by atoms with Gasteiger partial charge < -0.3 is 5.73 Å². The monoisotopic (exact) mass is 284 g/mol. The van der Waals surface area contributed by atoms with E-state index in [0.717, 1.165) is 12.1 Å². The number of rotatable bonds is 4. The van der Waals surface area contributed by atoms with Crippen LogP contribution in [0.3, 0.4) is 0 Å². The van der Waals surface area contributed by atoms with Gasteiger partial charge in [-0.1, -0.05) is 0 Å². The SMILES string of the molecule is CC(NS(=O)(=O)c1cc(N)cc(F)c1)c1cn[nH]c1.